The van der Waals surface area contributed by atoms with E-state index in [-0.39, 0.29) is 18.2 Å². The molecule has 7 nitrogen and oxygen atoms in total. The largest absolute Gasteiger partial charge is 0.373 e. The summed E-state index contributed by atoms with van der Waals surface area (Å²) in [4.78, 5) is 18.2. The van der Waals surface area contributed by atoms with Crippen LogP contribution in [0.4, 0.5) is 4.79 Å². The van der Waals surface area contributed by atoms with E-state index >= 15 is 0 Å². The summed E-state index contributed by atoms with van der Waals surface area (Å²) in [6, 6.07) is 0.206. The van der Waals surface area contributed by atoms with Crippen LogP contribution in [0, 0.1) is 0 Å². The van der Waals surface area contributed by atoms with Crippen LogP contribution >= 0.6 is 0 Å². The smallest absolute Gasteiger partial charge is 0.314 e. The first-order valence-electron chi connectivity index (χ1n) is 8.41. The van der Waals surface area contributed by atoms with Crippen molar-refractivity contribution in [1.82, 2.24) is 25.1 Å². The zero-order valence-electron chi connectivity index (χ0n) is 14.4. The molecule has 1 aromatic rings. The Hall–Kier alpha value is -1.60. The molecule has 0 aromatic carbocycles. The molecule has 2 rings (SSSR count). The van der Waals surface area contributed by atoms with Gasteiger partial charge in [-0.25, -0.2) is 9.78 Å². The van der Waals surface area contributed by atoms with Gasteiger partial charge in [0.05, 0.1) is 18.5 Å². The highest BCUT2D eigenvalue weighted by atomic mass is 16.5. The molecule has 1 saturated heterocycles. The molecule has 0 aliphatic carbocycles. The predicted octanol–water partition coefficient (Wildman–Crippen LogP) is 1.07. The van der Waals surface area contributed by atoms with E-state index in [1.807, 2.05) is 10.8 Å². The molecule has 3 unspecified atom stereocenters. The molecule has 7 heteroatoms. The fourth-order valence-electron chi connectivity index (χ4n) is 2.89. The minimum atomic E-state index is -0.100. The number of carbonyl (C=O) groups is 1. The van der Waals surface area contributed by atoms with Crippen LogP contribution in [0.3, 0.4) is 0 Å². The van der Waals surface area contributed by atoms with Crippen LogP contribution in [0.15, 0.2) is 18.7 Å². The molecule has 3 atom stereocenters. The molecule has 1 aromatic heterocycles. The first-order valence-corrected chi connectivity index (χ1v) is 8.41. The number of hydrogen-bond donors (Lipinski definition) is 2. The van der Waals surface area contributed by atoms with Crippen LogP contribution in [-0.4, -0.2) is 64.9 Å². The first-order chi connectivity index (χ1) is 11.0. The number of amides is 2. The average molecular weight is 323 g/mol. The molecule has 0 spiro atoms. The van der Waals surface area contributed by atoms with E-state index in [1.165, 1.54) is 0 Å². The molecular weight excluding hydrogens is 294 g/mol. The fourth-order valence-corrected chi connectivity index (χ4v) is 2.89. The lowest BCUT2D eigenvalue weighted by Gasteiger charge is -2.38. The standard InChI is InChI=1S/C16H29N5O2/c1-13(21-10-14(2)23-15(3)11-21)9-19-16(22)18-5-4-7-20-8-6-17-12-20/h6,8,12-15H,4-5,7,9-11H2,1-3H3,(H2,18,19,22). The van der Waals surface area contributed by atoms with Crippen LogP contribution in [-0.2, 0) is 11.3 Å². The quantitative estimate of drug-likeness (QED) is 0.736. The number of imidazole rings is 1. The van der Waals surface area contributed by atoms with Crippen molar-refractivity contribution in [2.24, 2.45) is 0 Å². The minimum Gasteiger partial charge on any atom is -0.373 e. The van der Waals surface area contributed by atoms with E-state index in [1.54, 1.807) is 12.5 Å². The van der Waals surface area contributed by atoms with Crippen LogP contribution in [0.25, 0.3) is 0 Å². The maximum atomic E-state index is 11.8. The summed E-state index contributed by atoms with van der Waals surface area (Å²) in [5.74, 6) is 0. The molecule has 1 fully saturated rings. The number of aromatic nitrogens is 2. The molecular formula is C16H29N5O2. The molecule has 1 aliphatic heterocycles. The topological polar surface area (TPSA) is 71.4 Å². The lowest BCUT2D eigenvalue weighted by atomic mass is 10.2. The van der Waals surface area contributed by atoms with Gasteiger partial charge in [0.2, 0.25) is 0 Å². The van der Waals surface area contributed by atoms with Gasteiger partial charge in [0.15, 0.2) is 0 Å². The van der Waals surface area contributed by atoms with E-state index in [0.29, 0.717) is 19.1 Å². The van der Waals surface area contributed by atoms with Crippen molar-refractivity contribution in [2.75, 3.05) is 26.2 Å². The van der Waals surface area contributed by atoms with Gasteiger partial charge in [-0.2, -0.15) is 0 Å². The van der Waals surface area contributed by atoms with E-state index in [9.17, 15) is 4.79 Å². The maximum Gasteiger partial charge on any atom is 0.314 e. The minimum absolute atomic E-state index is 0.100. The Kier molecular flexibility index (Phi) is 6.85. The van der Waals surface area contributed by atoms with Crippen LogP contribution < -0.4 is 10.6 Å². The number of hydrogen-bond acceptors (Lipinski definition) is 4. The summed E-state index contributed by atoms with van der Waals surface area (Å²) >= 11 is 0. The van der Waals surface area contributed by atoms with Crippen molar-refractivity contribution in [1.29, 1.82) is 0 Å². The highest BCUT2D eigenvalue weighted by molar-refractivity contribution is 5.73. The third-order valence-electron chi connectivity index (χ3n) is 4.07. The third kappa shape index (κ3) is 6.19. The van der Waals surface area contributed by atoms with Crippen molar-refractivity contribution < 1.29 is 9.53 Å². The van der Waals surface area contributed by atoms with Crippen molar-refractivity contribution in [3.8, 4) is 0 Å². The Morgan fingerprint density at radius 3 is 2.74 bits per heavy atom. The summed E-state index contributed by atoms with van der Waals surface area (Å²) in [5, 5.41) is 5.85. The number of urea groups is 1. The molecule has 0 saturated carbocycles. The number of aryl methyl sites for hydroxylation is 1. The SMILES string of the molecule is CC1CN(C(C)CNC(=O)NCCCn2ccnc2)CC(C)O1. The summed E-state index contributed by atoms with van der Waals surface area (Å²) in [7, 11) is 0. The lowest BCUT2D eigenvalue weighted by Crippen LogP contribution is -2.53. The van der Waals surface area contributed by atoms with E-state index in [0.717, 1.165) is 26.1 Å². The zero-order chi connectivity index (χ0) is 16.7. The van der Waals surface area contributed by atoms with Crippen LogP contribution in [0.1, 0.15) is 27.2 Å². The summed E-state index contributed by atoms with van der Waals surface area (Å²) in [6.45, 7) is 10.3. The Morgan fingerprint density at radius 2 is 2.09 bits per heavy atom. The van der Waals surface area contributed by atoms with Gasteiger partial charge in [-0.15, -0.1) is 0 Å². The number of morpholine rings is 1. The van der Waals surface area contributed by atoms with Crippen molar-refractivity contribution >= 4 is 6.03 Å². The van der Waals surface area contributed by atoms with Gasteiger partial charge in [-0.1, -0.05) is 0 Å². The fraction of sp³-hybridized carbons (Fsp3) is 0.750. The van der Waals surface area contributed by atoms with E-state index < -0.39 is 0 Å². The first kappa shape index (κ1) is 17.7. The van der Waals surface area contributed by atoms with E-state index in [4.69, 9.17) is 4.74 Å². The summed E-state index contributed by atoms with van der Waals surface area (Å²) < 4.78 is 7.74. The van der Waals surface area contributed by atoms with Gasteiger partial charge < -0.3 is 19.9 Å². The molecule has 23 heavy (non-hydrogen) atoms. The van der Waals surface area contributed by atoms with Crippen LogP contribution in [0.5, 0.6) is 0 Å². The number of rotatable bonds is 7. The molecule has 2 heterocycles. The second kappa shape index (κ2) is 8.88. The zero-order valence-corrected chi connectivity index (χ0v) is 14.4. The highest BCUT2D eigenvalue weighted by Gasteiger charge is 2.25. The second-order valence-corrected chi connectivity index (χ2v) is 6.35. The monoisotopic (exact) mass is 323 g/mol. The van der Waals surface area contributed by atoms with Gasteiger partial charge in [-0.05, 0) is 27.2 Å². The van der Waals surface area contributed by atoms with Crippen LogP contribution in [0.2, 0.25) is 0 Å². The normalized spacial score (nSPS) is 23.4. The van der Waals surface area contributed by atoms with Crippen molar-refractivity contribution in [3.05, 3.63) is 18.7 Å². The number of nitrogens with zero attached hydrogens (tertiary/aromatic N) is 3. The molecule has 0 radical (unpaired) electrons. The Labute approximate surface area is 138 Å². The Morgan fingerprint density at radius 1 is 1.35 bits per heavy atom. The molecule has 2 N–H and O–H groups in total. The van der Waals surface area contributed by atoms with Gasteiger partial charge in [0.25, 0.3) is 0 Å². The van der Waals surface area contributed by atoms with Gasteiger partial charge in [0, 0.05) is 51.2 Å². The summed E-state index contributed by atoms with van der Waals surface area (Å²) in [5.41, 5.74) is 0. The molecule has 0 bridgehead atoms. The lowest BCUT2D eigenvalue weighted by molar-refractivity contribution is -0.0778. The van der Waals surface area contributed by atoms with E-state index in [2.05, 4.69) is 41.3 Å². The van der Waals surface area contributed by atoms with Gasteiger partial charge in [0.1, 0.15) is 0 Å². The second-order valence-electron chi connectivity index (χ2n) is 6.35. The maximum absolute atomic E-state index is 11.8. The number of carbonyl (C=O) groups excluding carboxylic acids is 1. The Balaban J connectivity index is 1.58. The molecule has 130 valence electrons. The number of ether oxygens (including phenoxy) is 1. The van der Waals surface area contributed by atoms with Crippen molar-refractivity contribution in [2.45, 2.75) is 52.0 Å². The van der Waals surface area contributed by atoms with Crippen molar-refractivity contribution in [3.63, 3.8) is 0 Å². The highest BCUT2D eigenvalue weighted by Crippen LogP contribution is 2.13. The average Bonchev–Trinajstić information content (AvgIpc) is 3.01. The molecule has 2 amide bonds. The molecule has 1 aliphatic rings. The Bertz CT molecular complexity index is 455. The van der Waals surface area contributed by atoms with Gasteiger partial charge in [-0.3, -0.25) is 4.90 Å². The summed E-state index contributed by atoms with van der Waals surface area (Å²) in [6.07, 6.45) is 6.85. The van der Waals surface area contributed by atoms with Gasteiger partial charge >= 0.3 is 6.03 Å². The predicted molar refractivity (Wildman–Crippen MR) is 89.3 cm³/mol. The number of nitrogens with one attached hydrogen (secondary N) is 2. The third-order valence-corrected chi connectivity index (χ3v) is 4.07.